The van der Waals surface area contributed by atoms with E-state index in [2.05, 4.69) is 22.2 Å². The number of hydrogen-bond acceptors (Lipinski definition) is 5. The Morgan fingerprint density at radius 3 is 2.28 bits per heavy atom. The number of anilines is 3. The van der Waals surface area contributed by atoms with Gasteiger partial charge in [-0.05, 0) is 43.0 Å². The summed E-state index contributed by atoms with van der Waals surface area (Å²) in [6, 6.07) is 8.01. The lowest BCUT2D eigenvalue weighted by Gasteiger charge is -2.30. The predicted molar refractivity (Wildman–Crippen MR) is 100 cm³/mol. The highest BCUT2D eigenvalue weighted by atomic mass is 16.2. The second-order valence-corrected chi connectivity index (χ2v) is 6.84. The van der Waals surface area contributed by atoms with Crippen LogP contribution < -0.4 is 10.2 Å². The first kappa shape index (κ1) is 17.2. The Balaban J connectivity index is 1.62. The van der Waals surface area contributed by atoms with Crippen molar-refractivity contribution >= 4 is 23.2 Å². The molecule has 6 heteroatoms. The van der Waals surface area contributed by atoms with Crippen molar-refractivity contribution in [1.82, 2.24) is 14.9 Å². The van der Waals surface area contributed by atoms with Gasteiger partial charge in [-0.2, -0.15) is 0 Å². The van der Waals surface area contributed by atoms with Crippen molar-refractivity contribution in [2.45, 2.75) is 19.8 Å². The van der Waals surface area contributed by atoms with E-state index >= 15 is 0 Å². The monoisotopic (exact) mass is 339 g/mol. The number of amides is 1. The van der Waals surface area contributed by atoms with Crippen LogP contribution in [0.4, 0.5) is 17.3 Å². The Bertz CT molecular complexity index is 704. The van der Waals surface area contributed by atoms with Gasteiger partial charge >= 0.3 is 0 Å². The summed E-state index contributed by atoms with van der Waals surface area (Å²) in [5.74, 6) is 1.21. The van der Waals surface area contributed by atoms with Crippen molar-refractivity contribution in [1.29, 1.82) is 0 Å². The molecule has 3 rings (SSSR count). The van der Waals surface area contributed by atoms with Crippen LogP contribution in [0.3, 0.4) is 0 Å². The van der Waals surface area contributed by atoms with Gasteiger partial charge in [0.05, 0.1) is 5.56 Å². The topological polar surface area (TPSA) is 61.4 Å². The van der Waals surface area contributed by atoms with Crippen LogP contribution in [-0.4, -0.2) is 48.0 Å². The van der Waals surface area contributed by atoms with Crippen molar-refractivity contribution in [2.24, 2.45) is 5.92 Å². The van der Waals surface area contributed by atoms with Gasteiger partial charge < -0.3 is 15.1 Å². The number of nitrogens with zero attached hydrogens (tertiary/aromatic N) is 4. The molecule has 0 atom stereocenters. The summed E-state index contributed by atoms with van der Waals surface area (Å²) in [6.07, 6.45) is 5.33. The molecule has 0 unspecified atom stereocenters. The van der Waals surface area contributed by atoms with E-state index in [1.165, 1.54) is 0 Å². The molecule has 0 spiro atoms. The minimum atomic E-state index is 0.0220. The molecule has 1 aromatic carbocycles. The molecular weight excluding hydrogens is 314 g/mol. The number of nitrogens with one attached hydrogen (secondary N) is 1. The fourth-order valence-electron chi connectivity index (χ4n) is 2.87. The number of likely N-dealkylation sites (tertiary alicyclic amines) is 1. The van der Waals surface area contributed by atoms with E-state index in [1.54, 1.807) is 12.4 Å². The van der Waals surface area contributed by atoms with Crippen molar-refractivity contribution < 1.29 is 4.79 Å². The summed E-state index contributed by atoms with van der Waals surface area (Å²) in [7, 11) is 4.01. The Kier molecular flexibility index (Phi) is 5.16. The molecule has 0 radical (unpaired) electrons. The second kappa shape index (κ2) is 7.51. The molecule has 1 N–H and O–H groups in total. The molecule has 2 heterocycles. The molecule has 1 saturated heterocycles. The lowest BCUT2D eigenvalue weighted by molar-refractivity contribution is 0.0696. The quantitative estimate of drug-likeness (QED) is 0.927. The van der Waals surface area contributed by atoms with E-state index in [4.69, 9.17) is 0 Å². The van der Waals surface area contributed by atoms with Gasteiger partial charge in [-0.15, -0.1) is 0 Å². The summed E-state index contributed by atoms with van der Waals surface area (Å²) in [6.45, 7) is 3.87. The number of carbonyl (C=O) groups is 1. The zero-order valence-electron chi connectivity index (χ0n) is 15.1. The van der Waals surface area contributed by atoms with Crippen LogP contribution in [0.2, 0.25) is 0 Å². The Hall–Kier alpha value is -2.63. The number of benzene rings is 1. The van der Waals surface area contributed by atoms with Crippen LogP contribution in [-0.2, 0) is 0 Å². The number of piperidine rings is 1. The number of aromatic nitrogens is 2. The predicted octanol–water partition coefficient (Wildman–Crippen LogP) is 3.16. The van der Waals surface area contributed by atoms with E-state index in [1.807, 2.05) is 48.2 Å². The second-order valence-electron chi connectivity index (χ2n) is 6.84. The van der Waals surface area contributed by atoms with Crippen LogP contribution in [0.25, 0.3) is 0 Å². The van der Waals surface area contributed by atoms with Crippen LogP contribution in [0.1, 0.15) is 30.1 Å². The van der Waals surface area contributed by atoms with Gasteiger partial charge in [-0.25, -0.2) is 9.97 Å². The summed E-state index contributed by atoms with van der Waals surface area (Å²) < 4.78 is 0. The molecule has 1 aliphatic heterocycles. The maximum absolute atomic E-state index is 12.5. The molecule has 132 valence electrons. The third-order valence-electron chi connectivity index (χ3n) is 4.61. The minimum absolute atomic E-state index is 0.0220. The van der Waals surface area contributed by atoms with Crippen molar-refractivity contribution in [3.8, 4) is 0 Å². The molecule has 6 nitrogen and oxygen atoms in total. The normalized spacial score (nSPS) is 15.1. The largest absolute Gasteiger partial charge is 0.378 e. The highest BCUT2D eigenvalue weighted by Gasteiger charge is 2.21. The maximum atomic E-state index is 12.5. The fourth-order valence-corrected chi connectivity index (χ4v) is 2.87. The fraction of sp³-hybridized carbons (Fsp3) is 0.421. The molecule has 1 aliphatic rings. The van der Waals surface area contributed by atoms with E-state index in [-0.39, 0.29) is 5.91 Å². The first-order chi connectivity index (χ1) is 12.0. The smallest absolute Gasteiger partial charge is 0.256 e. The van der Waals surface area contributed by atoms with E-state index in [9.17, 15) is 4.79 Å². The van der Waals surface area contributed by atoms with Crippen molar-refractivity contribution in [3.63, 3.8) is 0 Å². The van der Waals surface area contributed by atoms with Gasteiger partial charge in [0.15, 0.2) is 0 Å². The van der Waals surface area contributed by atoms with Crippen molar-refractivity contribution in [3.05, 3.63) is 42.2 Å². The molecular formula is C19H25N5O. The highest BCUT2D eigenvalue weighted by molar-refractivity contribution is 5.93. The van der Waals surface area contributed by atoms with Crippen LogP contribution >= 0.6 is 0 Å². The molecule has 1 fully saturated rings. The molecule has 1 aromatic heterocycles. The van der Waals surface area contributed by atoms with E-state index < -0.39 is 0 Å². The molecule has 1 amide bonds. The van der Waals surface area contributed by atoms with Crippen LogP contribution in [0.15, 0.2) is 36.7 Å². The molecule has 25 heavy (non-hydrogen) atoms. The number of hydrogen-bond donors (Lipinski definition) is 1. The molecule has 0 bridgehead atoms. The van der Waals surface area contributed by atoms with Crippen LogP contribution in [0.5, 0.6) is 0 Å². The Morgan fingerprint density at radius 1 is 1.12 bits per heavy atom. The van der Waals surface area contributed by atoms with Gasteiger partial charge in [0.2, 0.25) is 5.95 Å². The third kappa shape index (κ3) is 4.26. The maximum Gasteiger partial charge on any atom is 0.256 e. The van der Waals surface area contributed by atoms with E-state index in [0.717, 1.165) is 37.3 Å². The highest BCUT2D eigenvalue weighted by Crippen LogP contribution is 2.20. The summed E-state index contributed by atoms with van der Waals surface area (Å²) >= 11 is 0. The van der Waals surface area contributed by atoms with E-state index in [0.29, 0.717) is 17.4 Å². The zero-order chi connectivity index (χ0) is 17.8. The Morgan fingerprint density at radius 2 is 1.72 bits per heavy atom. The zero-order valence-corrected chi connectivity index (χ0v) is 15.1. The first-order valence-corrected chi connectivity index (χ1v) is 8.68. The Labute approximate surface area is 148 Å². The first-order valence-electron chi connectivity index (χ1n) is 8.68. The van der Waals surface area contributed by atoms with Gasteiger partial charge in [-0.1, -0.05) is 6.92 Å². The minimum Gasteiger partial charge on any atom is -0.378 e. The molecule has 0 saturated carbocycles. The summed E-state index contributed by atoms with van der Waals surface area (Å²) in [5, 5.41) is 3.16. The van der Waals surface area contributed by atoms with Gasteiger partial charge in [0, 0.05) is 51.0 Å². The lowest BCUT2D eigenvalue weighted by atomic mass is 9.99. The van der Waals surface area contributed by atoms with Crippen LogP contribution in [0, 0.1) is 5.92 Å². The van der Waals surface area contributed by atoms with Gasteiger partial charge in [0.1, 0.15) is 0 Å². The summed E-state index contributed by atoms with van der Waals surface area (Å²) in [5.41, 5.74) is 2.58. The summed E-state index contributed by atoms with van der Waals surface area (Å²) in [4.78, 5) is 25.0. The average molecular weight is 339 g/mol. The SMILES string of the molecule is CC1CCN(C(=O)c2cnc(Nc3ccc(N(C)C)cc3)nc2)CC1. The average Bonchev–Trinajstić information content (AvgIpc) is 2.63. The number of rotatable bonds is 4. The number of carbonyl (C=O) groups excluding carboxylic acids is 1. The van der Waals surface area contributed by atoms with Crippen molar-refractivity contribution in [2.75, 3.05) is 37.4 Å². The standard InChI is InChI=1S/C19H25N5O/c1-14-8-10-24(11-9-14)18(25)15-12-20-19(21-13-15)22-16-4-6-17(7-5-16)23(2)3/h4-7,12-14H,8-11H2,1-3H3,(H,20,21,22). The molecule has 0 aliphatic carbocycles. The molecule has 2 aromatic rings. The van der Waals surface area contributed by atoms with Gasteiger partial charge in [-0.3, -0.25) is 4.79 Å². The van der Waals surface area contributed by atoms with Gasteiger partial charge in [0.25, 0.3) is 5.91 Å². The third-order valence-corrected chi connectivity index (χ3v) is 4.61. The lowest BCUT2D eigenvalue weighted by Crippen LogP contribution is -2.38.